The second kappa shape index (κ2) is 11.3. The molecule has 0 saturated heterocycles. The Balaban J connectivity index is 1.35. The molecule has 188 valence electrons. The number of esters is 1. The number of amides is 1. The molecule has 0 heterocycles. The van der Waals surface area contributed by atoms with Gasteiger partial charge in [-0.3, -0.25) is 4.79 Å². The van der Waals surface area contributed by atoms with E-state index in [4.69, 9.17) is 9.47 Å². The Labute approximate surface area is 228 Å². The first-order valence-electron chi connectivity index (χ1n) is 12.0. The lowest BCUT2D eigenvalue weighted by Crippen LogP contribution is -2.17. The van der Waals surface area contributed by atoms with Crippen LogP contribution in [-0.2, 0) is 0 Å². The van der Waals surface area contributed by atoms with Gasteiger partial charge in [0.05, 0.1) is 22.9 Å². The van der Waals surface area contributed by atoms with Crippen LogP contribution in [0.25, 0.3) is 21.5 Å². The van der Waals surface area contributed by atoms with E-state index in [-0.39, 0.29) is 11.7 Å². The fraction of sp³-hybridized carbons (Fsp3) is 0.0645. The largest absolute Gasteiger partial charge is 0.490 e. The summed E-state index contributed by atoms with van der Waals surface area (Å²) in [5.41, 5.74) is 4.17. The van der Waals surface area contributed by atoms with Crippen molar-refractivity contribution in [3.05, 3.63) is 118 Å². The highest BCUT2D eigenvalue weighted by molar-refractivity contribution is 9.10. The lowest BCUT2D eigenvalue weighted by molar-refractivity contribution is 0.0729. The van der Waals surface area contributed by atoms with Crippen molar-refractivity contribution in [3.8, 4) is 11.5 Å². The van der Waals surface area contributed by atoms with E-state index < -0.39 is 5.97 Å². The first-order chi connectivity index (χ1) is 18.5. The normalized spacial score (nSPS) is 11.1. The maximum atomic E-state index is 13.1. The number of nitrogens with one attached hydrogen (secondary N) is 1. The third kappa shape index (κ3) is 5.43. The van der Waals surface area contributed by atoms with Crippen molar-refractivity contribution >= 4 is 55.6 Å². The molecule has 5 aromatic carbocycles. The number of hydrogen-bond acceptors (Lipinski definition) is 5. The summed E-state index contributed by atoms with van der Waals surface area (Å²) in [5.74, 6) is -0.177. The highest BCUT2D eigenvalue weighted by atomic mass is 79.9. The van der Waals surface area contributed by atoms with Crippen molar-refractivity contribution < 1.29 is 19.1 Å². The highest BCUT2D eigenvalue weighted by Crippen LogP contribution is 2.37. The Morgan fingerprint density at radius 3 is 2.42 bits per heavy atom. The minimum atomic E-state index is -0.493. The molecule has 0 bridgehead atoms. The molecule has 0 aromatic heterocycles. The van der Waals surface area contributed by atoms with Gasteiger partial charge in [0.2, 0.25) is 0 Å². The third-order valence-corrected chi connectivity index (χ3v) is 6.52. The molecule has 5 aromatic rings. The molecule has 0 aliphatic rings. The highest BCUT2D eigenvalue weighted by Gasteiger charge is 2.19. The van der Waals surface area contributed by atoms with Crippen LogP contribution in [0.2, 0.25) is 0 Å². The monoisotopic (exact) mass is 566 g/mol. The number of carbonyl (C=O) groups is 2. The first-order valence-corrected chi connectivity index (χ1v) is 12.8. The Bertz CT molecular complexity index is 1690. The summed E-state index contributed by atoms with van der Waals surface area (Å²) in [5, 5.41) is 7.89. The predicted octanol–water partition coefficient (Wildman–Crippen LogP) is 7.14. The quantitative estimate of drug-likeness (QED) is 0.0982. The molecule has 38 heavy (non-hydrogen) atoms. The van der Waals surface area contributed by atoms with Crippen LogP contribution in [0.4, 0.5) is 0 Å². The van der Waals surface area contributed by atoms with E-state index in [2.05, 4.69) is 26.5 Å². The maximum absolute atomic E-state index is 13.1. The second-order valence-electron chi connectivity index (χ2n) is 8.44. The summed E-state index contributed by atoms with van der Waals surface area (Å²) in [6.07, 6.45) is 1.50. The second-order valence-corrected chi connectivity index (χ2v) is 9.29. The summed E-state index contributed by atoms with van der Waals surface area (Å²) in [6.45, 7) is 2.21. The average molecular weight is 567 g/mol. The van der Waals surface area contributed by atoms with Gasteiger partial charge in [0.25, 0.3) is 5.91 Å². The van der Waals surface area contributed by atoms with Gasteiger partial charge >= 0.3 is 5.97 Å². The third-order valence-electron chi connectivity index (χ3n) is 5.93. The van der Waals surface area contributed by atoms with Crippen LogP contribution in [0, 0.1) is 0 Å². The van der Waals surface area contributed by atoms with Crippen molar-refractivity contribution in [1.29, 1.82) is 0 Å². The number of carbonyl (C=O) groups excluding carboxylic acids is 2. The lowest BCUT2D eigenvalue weighted by atomic mass is 10.0. The van der Waals surface area contributed by atoms with Gasteiger partial charge < -0.3 is 9.47 Å². The minimum Gasteiger partial charge on any atom is -0.490 e. The molecular weight excluding hydrogens is 544 g/mol. The number of halogens is 1. The van der Waals surface area contributed by atoms with Crippen LogP contribution in [0.15, 0.2) is 107 Å². The molecular formula is C31H23BrN2O4. The fourth-order valence-corrected chi connectivity index (χ4v) is 4.68. The van der Waals surface area contributed by atoms with Gasteiger partial charge in [-0.05, 0) is 80.3 Å². The van der Waals surface area contributed by atoms with E-state index in [1.807, 2.05) is 79.7 Å². The zero-order chi connectivity index (χ0) is 26.5. The van der Waals surface area contributed by atoms with Crippen LogP contribution in [-0.4, -0.2) is 24.7 Å². The van der Waals surface area contributed by atoms with E-state index in [1.54, 1.807) is 24.3 Å². The summed E-state index contributed by atoms with van der Waals surface area (Å²) < 4.78 is 12.1. The molecule has 0 unspecified atom stereocenters. The molecule has 5 rings (SSSR count). The van der Waals surface area contributed by atoms with Gasteiger partial charge in [0.1, 0.15) is 0 Å². The topological polar surface area (TPSA) is 77.0 Å². The van der Waals surface area contributed by atoms with Gasteiger partial charge in [-0.2, -0.15) is 5.10 Å². The zero-order valence-electron chi connectivity index (χ0n) is 20.5. The first kappa shape index (κ1) is 25.2. The van der Waals surface area contributed by atoms with Crippen LogP contribution in [0.5, 0.6) is 11.5 Å². The number of rotatable bonds is 7. The molecule has 0 aliphatic heterocycles. The minimum absolute atomic E-state index is 0.266. The molecule has 0 spiro atoms. The van der Waals surface area contributed by atoms with E-state index >= 15 is 0 Å². The molecule has 6 nitrogen and oxygen atoms in total. The maximum Gasteiger partial charge on any atom is 0.344 e. The van der Waals surface area contributed by atoms with E-state index in [0.29, 0.717) is 33.5 Å². The van der Waals surface area contributed by atoms with Crippen LogP contribution >= 0.6 is 15.9 Å². The van der Waals surface area contributed by atoms with Gasteiger partial charge in [0.15, 0.2) is 11.5 Å². The summed E-state index contributed by atoms with van der Waals surface area (Å²) in [4.78, 5) is 25.7. The molecule has 1 amide bonds. The van der Waals surface area contributed by atoms with Gasteiger partial charge in [-0.1, -0.05) is 66.7 Å². The number of hydrazone groups is 1. The van der Waals surface area contributed by atoms with E-state index in [0.717, 1.165) is 21.5 Å². The van der Waals surface area contributed by atoms with Crippen molar-refractivity contribution in [1.82, 2.24) is 5.43 Å². The standard InChI is InChI=1S/C31H23BrN2O4/c1-2-37-28-17-20(19-33-34-30(35)24-15-14-21-8-3-4-10-23(21)18-24)16-27(32)29(28)38-31(36)26-13-7-11-22-9-5-6-12-25(22)26/h3-19H,2H2,1H3,(H,34,35)/b33-19-. The Morgan fingerprint density at radius 1 is 0.868 bits per heavy atom. The Morgan fingerprint density at radius 2 is 1.61 bits per heavy atom. The predicted molar refractivity (Wildman–Crippen MR) is 153 cm³/mol. The molecule has 0 saturated carbocycles. The fourth-order valence-electron chi connectivity index (χ4n) is 4.14. The number of ether oxygens (including phenoxy) is 2. The zero-order valence-corrected chi connectivity index (χ0v) is 22.1. The van der Waals surface area contributed by atoms with Crippen molar-refractivity contribution in [2.75, 3.05) is 6.61 Å². The van der Waals surface area contributed by atoms with Crippen LogP contribution in [0.3, 0.4) is 0 Å². The molecule has 0 fully saturated rings. The summed E-state index contributed by atoms with van der Waals surface area (Å²) in [7, 11) is 0. The molecule has 0 atom stereocenters. The smallest absolute Gasteiger partial charge is 0.344 e. The van der Waals surface area contributed by atoms with Crippen molar-refractivity contribution in [2.24, 2.45) is 5.10 Å². The van der Waals surface area contributed by atoms with Gasteiger partial charge in [-0.15, -0.1) is 0 Å². The Kier molecular flexibility index (Phi) is 7.47. The number of hydrogen-bond donors (Lipinski definition) is 1. The van der Waals surface area contributed by atoms with Crippen molar-refractivity contribution in [2.45, 2.75) is 6.92 Å². The lowest BCUT2D eigenvalue weighted by Gasteiger charge is -2.14. The van der Waals surface area contributed by atoms with Crippen LogP contribution < -0.4 is 14.9 Å². The van der Waals surface area contributed by atoms with E-state index in [1.165, 1.54) is 6.21 Å². The average Bonchev–Trinajstić information content (AvgIpc) is 2.94. The Hall–Kier alpha value is -4.49. The molecule has 7 heteroatoms. The number of fused-ring (bicyclic) bond motifs is 2. The molecule has 1 N–H and O–H groups in total. The van der Waals surface area contributed by atoms with E-state index in [9.17, 15) is 9.59 Å². The summed E-state index contributed by atoms with van der Waals surface area (Å²) >= 11 is 3.49. The molecule has 0 radical (unpaired) electrons. The summed E-state index contributed by atoms with van der Waals surface area (Å²) in [6, 6.07) is 29.9. The SMILES string of the molecule is CCOc1cc(/C=N\NC(=O)c2ccc3ccccc3c2)cc(Br)c1OC(=O)c1cccc2ccccc12. The van der Waals surface area contributed by atoms with Crippen LogP contribution in [0.1, 0.15) is 33.2 Å². The number of benzene rings is 5. The van der Waals surface area contributed by atoms with Gasteiger partial charge in [-0.25, -0.2) is 10.2 Å². The van der Waals surface area contributed by atoms with Crippen molar-refractivity contribution in [3.63, 3.8) is 0 Å². The molecule has 0 aliphatic carbocycles. The van der Waals surface area contributed by atoms with Gasteiger partial charge in [0, 0.05) is 5.56 Å². The number of nitrogens with zero attached hydrogens (tertiary/aromatic N) is 1.